The van der Waals surface area contributed by atoms with Gasteiger partial charge in [0.25, 0.3) is 5.91 Å². The summed E-state index contributed by atoms with van der Waals surface area (Å²) in [5, 5.41) is 6.10. The van der Waals surface area contributed by atoms with Crippen molar-refractivity contribution in [2.75, 3.05) is 46.7 Å². The van der Waals surface area contributed by atoms with Gasteiger partial charge < -0.3 is 25.0 Å². The molecule has 2 rings (SSSR count). The van der Waals surface area contributed by atoms with E-state index in [9.17, 15) is 4.79 Å². The van der Waals surface area contributed by atoms with E-state index in [0.29, 0.717) is 23.7 Å². The molecule has 0 atom stereocenters. The summed E-state index contributed by atoms with van der Waals surface area (Å²) in [6.45, 7) is 1.56. The first-order chi connectivity index (χ1) is 12.5. The third kappa shape index (κ3) is 5.63. The number of rotatable bonds is 9. The van der Waals surface area contributed by atoms with Crippen molar-refractivity contribution < 1.29 is 14.3 Å². The molecule has 0 saturated carbocycles. The Labute approximate surface area is 154 Å². The van der Waals surface area contributed by atoms with Crippen LogP contribution < -0.4 is 20.1 Å². The quantitative estimate of drug-likeness (QED) is 0.671. The molecule has 1 aromatic carbocycles. The number of anilines is 2. The Morgan fingerprint density at radius 1 is 1.08 bits per heavy atom. The van der Waals surface area contributed by atoms with Crippen molar-refractivity contribution in [2.45, 2.75) is 6.42 Å². The SMILES string of the molecule is COc1ccc(Nc2ccc(C(=O)NCCCN(C)C)nc2)cc1OC. The Morgan fingerprint density at radius 3 is 2.42 bits per heavy atom. The van der Waals surface area contributed by atoms with Gasteiger partial charge in [-0.3, -0.25) is 4.79 Å². The molecule has 7 heteroatoms. The average Bonchev–Trinajstić information content (AvgIpc) is 2.65. The lowest BCUT2D eigenvalue weighted by Gasteiger charge is -2.12. The molecule has 7 nitrogen and oxygen atoms in total. The van der Waals surface area contributed by atoms with Gasteiger partial charge in [-0.25, -0.2) is 4.98 Å². The van der Waals surface area contributed by atoms with Crippen LogP contribution in [0, 0.1) is 0 Å². The minimum Gasteiger partial charge on any atom is -0.493 e. The predicted molar refractivity (Wildman–Crippen MR) is 103 cm³/mol. The molecule has 1 heterocycles. The first-order valence-corrected chi connectivity index (χ1v) is 8.41. The maximum atomic E-state index is 12.1. The number of benzene rings is 1. The van der Waals surface area contributed by atoms with Crippen LogP contribution in [0.15, 0.2) is 36.5 Å². The summed E-state index contributed by atoms with van der Waals surface area (Å²) < 4.78 is 10.5. The van der Waals surface area contributed by atoms with Gasteiger partial charge in [0.1, 0.15) is 5.69 Å². The monoisotopic (exact) mass is 358 g/mol. The lowest BCUT2D eigenvalue weighted by molar-refractivity contribution is 0.0947. The van der Waals surface area contributed by atoms with Gasteiger partial charge in [0, 0.05) is 18.3 Å². The zero-order chi connectivity index (χ0) is 18.9. The molecule has 2 N–H and O–H groups in total. The van der Waals surface area contributed by atoms with Gasteiger partial charge in [0.2, 0.25) is 0 Å². The maximum absolute atomic E-state index is 12.1. The molecule has 0 aliphatic carbocycles. The number of aromatic nitrogens is 1. The van der Waals surface area contributed by atoms with Crippen molar-refractivity contribution in [1.82, 2.24) is 15.2 Å². The Hall–Kier alpha value is -2.80. The van der Waals surface area contributed by atoms with Crippen LogP contribution in [0.1, 0.15) is 16.9 Å². The van der Waals surface area contributed by atoms with Gasteiger partial charge in [0.15, 0.2) is 11.5 Å². The molecule has 0 saturated heterocycles. The van der Waals surface area contributed by atoms with Gasteiger partial charge in [-0.2, -0.15) is 0 Å². The molecule has 0 bridgehead atoms. The number of pyridine rings is 1. The fourth-order valence-corrected chi connectivity index (χ4v) is 2.37. The van der Waals surface area contributed by atoms with Crippen molar-refractivity contribution in [2.24, 2.45) is 0 Å². The molecule has 1 amide bonds. The molecule has 0 spiro atoms. The van der Waals surface area contributed by atoms with Gasteiger partial charge >= 0.3 is 0 Å². The van der Waals surface area contributed by atoms with Gasteiger partial charge in [0.05, 0.1) is 26.1 Å². The Morgan fingerprint density at radius 2 is 1.81 bits per heavy atom. The number of nitrogens with one attached hydrogen (secondary N) is 2. The van der Waals surface area contributed by atoms with Crippen molar-refractivity contribution in [3.8, 4) is 11.5 Å². The molecule has 0 unspecified atom stereocenters. The lowest BCUT2D eigenvalue weighted by atomic mass is 10.2. The molecular formula is C19H26N4O3. The summed E-state index contributed by atoms with van der Waals surface area (Å²) in [6.07, 6.45) is 2.53. The number of methoxy groups -OCH3 is 2. The highest BCUT2D eigenvalue weighted by Gasteiger charge is 2.08. The number of carbonyl (C=O) groups excluding carboxylic acids is 1. The molecule has 2 aromatic rings. The van der Waals surface area contributed by atoms with Crippen molar-refractivity contribution >= 4 is 17.3 Å². The van der Waals surface area contributed by atoms with E-state index in [1.165, 1.54) is 0 Å². The fourth-order valence-electron chi connectivity index (χ4n) is 2.37. The lowest BCUT2D eigenvalue weighted by Crippen LogP contribution is -2.27. The van der Waals surface area contributed by atoms with Crippen LogP contribution in [-0.2, 0) is 0 Å². The minimum atomic E-state index is -0.165. The Balaban J connectivity index is 1.93. The summed E-state index contributed by atoms with van der Waals surface area (Å²) in [7, 11) is 7.20. The fraction of sp³-hybridized carbons (Fsp3) is 0.368. The van der Waals surface area contributed by atoms with Crippen LogP contribution in [0.25, 0.3) is 0 Å². The van der Waals surface area contributed by atoms with Gasteiger partial charge in [-0.15, -0.1) is 0 Å². The third-order valence-electron chi connectivity index (χ3n) is 3.74. The van der Waals surface area contributed by atoms with Crippen LogP contribution in [0.3, 0.4) is 0 Å². The van der Waals surface area contributed by atoms with E-state index < -0.39 is 0 Å². The smallest absolute Gasteiger partial charge is 0.269 e. The molecule has 26 heavy (non-hydrogen) atoms. The van der Waals surface area contributed by atoms with Crippen LogP contribution in [0.2, 0.25) is 0 Å². The average molecular weight is 358 g/mol. The minimum absolute atomic E-state index is 0.165. The Bertz CT molecular complexity index is 717. The highest BCUT2D eigenvalue weighted by molar-refractivity contribution is 5.92. The molecule has 0 radical (unpaired) electrons. The summed E-state index contributed by atoms with van der Waals surface area (Å²) in [6, 6.07) is 9.06. The Kier molecular flexibility index (Phi) is 7.23. The topological polar surface area (TPSA) is 75.7 Å². The largest absolute Gasteiger partial charge is 0.493 e. The van der Waals surface area contributed by atoms with E-state index in [-0.39, 0.29) is 5.91 Å². The first-order valence-electron chi connectivity index (χ1n) is 8.41. The molecule has 0 aliphatic rings. The van der Waals surface area contributed by atoms with Crippen molar-refractivity contribution in [1.29, 1.82) is 0 Å². The van der Waals surface area contributed by atoms with Crippen molar-refractivity contribution in [3.63, 3.8) is 0 Å². The molecule has 1 aromatic heterocycles. The molecule has 140 valence electrons. The number of hydrogen-bond donors (Lipinski definition) is 2. The number of carbonyl (C=O) groups is 1. The molecule has 0 aliphatic heterocycles. The second-order valence-electron chi connectivity index (χ2n) is 6.04. The zero-order valence-electron chi connectivity index (χ0n) is 15.7. The van der Waals surface area contributed by atoms with E-state index >= 15 is 0 Å². The van der Waals surface area contributed by atoms with E-state index in [2.05, 4.69) is 20.5 Å². The van der Waals surface area contributed by atoms with Crippen molar-refractivity contribution in [3.05, 3.63) is 42.2 Å². The van der Waals surface area contributed by atoms with E-state index in [1.54, 1.807) is 26.5 Å². The standard InChI is InChI=1S/C19H26N4O3/c1-23(2)11-5-10-20-19(24)16-8-6-15(13-21-16)22-14-7-9-17(25-3)18(12-14)26-4/h6-9,12-13,22H,5,10-11H2,1-4H3,(H,20,24). The highest BCUT2D eigenvalue weighted by Crippen LogP contribution is 2.30. The van der Waals surface area contributed by atoms with Crippen LogP contribution in [0.4, 0.5) is 11.4 Å². The first kappa shape index (κ1) is 19.5. The molecular weight excluding hydrogens is 332 g/mol. The molecule has 0 fully saturated rings. The second kappa shape index (κ2) is 9.62. The summed E-state index contributed by atoms with van der Waals surface area (Å²) >= 11 is 0. The van der Waals surface area contributed by atoms with E-state index in [1.807, 2.05) is 38.4 Å². The highest BCUT2D eigenvalue weighted by atomic mass is 16.5. The number of hydrogen-bond acceptors (Lipinski definition) is 6. The normalized spacial score (nSPS) is 10.5. The number of amides is 1. The third-order valence-corrected chi connectivity index (χ3v) is 3.74. The van der Waals surface area contributed by atoms with Gasteiger partial charge in [-0.1, -0.05) is 0 Å². The zero-order valence-corrected chi connectivity index (χ0v) is 15.7. The van der Waals surface area contributed by atoms with Gasteiger partial charge in [-0.05, 0) is 51.3 Å². The number of nitrogens with zero attached hydrogens (tertiary/aromatic N) is 2. The second-order valence-corrected chi connectivity index (χ2v) is 6.04. The van der Waals surface area contributed by atoms with Crippen LogP contribution in [0.5, 0.6) is 11.5 Å². The van der Waals surface area contributed by atoms with E-state index in [4.69, 9.17) is 9.47 Å². The van der Waals surface area contributed by atoms with Crippen LogP contribution >= 0.6 is 0 Å². The maximum Gasteiger partial charge on any atom is 0.269 e. The van der Waals surface area contributed by atoms with Crippen LogP contribution in [-0.4, -0.2) is 57.2 Å². The summed E-state index contributed by atoms with van der Waals surface area (Å²) in [4.78, 5) is 18.4. The summed E-state index contributed by atoms with van der Waals surface area (Å²) in [5.41, 5.74) is 2.01. The predicted octanol–water partition coefficient (Wildman–Crippen LogP) is 2.52. The number of ether oxygens (including phenoxy) is 2. The van der Waals surface area contributed by atoms with E-state index in [0.717, 1.165) is 24.3 Å². The summed E-state index contributed by atoms with van der Waals surface area (Å²) in [5.74, 6) is 1.14.